The first-order chi connectivity index (χ1) is 11.6. The first kappa shape index (κ1) is 16.9. The summed E-state index contributed by atoms with van der Waals surface area (Å²) in [5.41, 5.74) is 1.03. The zero-order valence-corrected chi connectivity index (χ0v) is 14.9. The third-order valence-electron chi connectivity index (χ3n) is 4.56. The van der Waals surface area contributed by atoms with E-state index in [-0.39, 0.29) is 24.4 Å². The predicted octanol–water partition coefficient (Wildman–Crippen LogP) is 0.221. The van der Waals surface area contributed by atoms with Crippen LogP contribution in [0.5, 0.6) is 0 Å². The summed E-state index contributed by atoms with van der Waals surface area (Å²) in [6.07, 6.45) is 2.16. The number of hydrogen-bond donors (Lipinski definition) is 2. The fourth-order valence-corrected chi connectivity index (χ4v) is 4.33. The molecule has 2 aromatic rings. The van der Waals surface area contributed by atoms with E-state index >= 15 is 0 Å². The number of rotatable bonds is 5. The fourth-order valence-electron chi connectivity index (χ4n) is 3.17. The number of likely N-dealkylation sites (N-methyl/N-ethyl adjacent to an activating group) is 2. The number of thiazole rings is 1. The van der Waals surface area contributed by atoms with E-state index in [4.69, 9.17) is 4.98 Å². The minimum atomic E-state index is -0.148. The van der Waals surface area contributed by atoms with Crippen LogP contribution in [0.2, 0.25) is 0 Å². The number of benzene rings is 1. The molecule has 0 spiro atoms. The van der Waals surface area contributed by atoms with Gasteiger partial charge < -0.3 is 15.1 Å². The number of nitrogens with one attached hydrogen (secondary N) is 2. The topological polar surface area (TPSA) is 66.7 Å². The normalized spacial score (nSPS) is 20.2. The Morgan fingerprint density at radius 3 is 2.96 bits per heavy atom. The molecule has 0 saturated carbocycles. The van der Waals surface area contributed by atoms with Gasteiger partial charge >= 0.3 is 0 Å². The quantitative estimate of drug-likeness (QED) is 0.813. The zero-order chi connectivity index (χ0) is 17.1. The number of carbonyl (C=O) groups excluding carboxylic acids is 2. The standard InChI is InChI=1S/C17H22N4O2S/c1-18-15(22)10-20(2)16(23)11-21-9-5-7-13(21)17-19-12-6-3-4-8-14(12)24-17/h3-4,6,8,13H,5,7,9-11H2,1-2H3,(H,18,22)/p+1/t13-/m1/s1. The van der Waals surface area contributed by atoms with Crippen LogP contribution in [0, 0.1) is 0 Å². The Kier molecular flexibility index (Phi) is 5.11. The van der Waals surface area contributed by atoms with Crippen molar-refractivity contribution in [3.05, 3.63) is 29.3 Å². The maximum atomic E-state index is 12.4. The lowest BCUT2D eigenvalue weighted by Crippen LogP contribution is -3.11. The Bertz CT molecular complexity index is 712. The largest absolute Gasteiger partial charge is 0.358 e. The molecule has 7 heteroatoms. The Morgan fingerprint density at radius 1 is 1.42 bits per heavy atom. The van der Waals surface area contributed by atoms with Gasteiger partial charge in [0, 0.05) is 26.9 Å². The number of quaternary nitrogens is 1. The van der Waals surface area contributed by atoms with Crippen molar-refractivity contribution in [3.63, 3.8) is 0 Å². The van der Waals surface area contributed by atoms with Crippen molar-refractivity contribution in [2.45, 2.75) is 18.9 Å². The number of likely N-dealkylation sites (tertiary alicyclic amines) is 1. The minimum Gasteiger partial charge on any atom is -0.358 e. The fraction of sp³-hybridized carbons (Fsp3) is 0.471. The molecule has 2 heterocycles. The number of hydrogen-bond acceptors (Lipinski definition) is 4. The number of nitrogens with zero attached hydrogens (tertiary/aromatic N) is 2. The summed E-state index contributed by atoms with van der Waals surface area (Å²) >= 11 is 1.73. The van der Waals surface area contributed by atoms with E-state index in [1.165, 1.54) is 14.5 Å². The van der Waals surface area contributed by atoms with Crippen LogP contribution in [0.25, 0.3) is 10.2 Å². The Balaban J connectivity index is 1.69. The lowest BCUT2D eigenvalue weighted by atomic mass is 10.2. The minimum absolute atomic E-state index is 0.00149. The molecule has 2 amide bonds. The Hall–Kier alpha value is -1.99. The van der Waals surface area contributed by atoms with Gasteiger partial charge in [-0.05, 0) is 12.1 Å². The molecule has 1 unspecified atom stereocenters. The smallest absolute Gasteiger partial charge is 0.277 e. The summed E-state index contributed by atoms with van der Waals surface area (Å²) in [6.45, 7) is 1.49. The number of amides is 2. The third-order valence-corrected chi connectivity index (χ3v) is 5.71. The van der Waals surface area contributed by atoms with Gasteiger partial charge in [0.25, 0.3) is 5.91 Å². The molecular weight excluding hydrogens is 324 g/mol. The molecule has 0 aliphatic carbocycles. The molecule has 0 bridgehead atoms. The van der Waals surface area contributed by atoms with Gasteiger partial charge in [-0.15, -0.1) is 11.3 Å². The number of aromatic nitrogens is 1. The van der Waals surface area contributed by atoms with Crippen molar-refractivity contribution in [1.29, 1.82) is 0 Å². The summed E-state index contributed by atoms with van der Waals surface area (Å²) in [5, 5.41) is 3.66. The molecule has 6 nitrogen and oxygen atoms in total. The molecule has 0 radical (unpaired) electrons. The number of para-hydroxylation sites is 1. The van der Waals surface area contributed by atoms with E-state index in [2.05, 4.69) is 11.4 Å². The van der Waals surface area contributed by atoms with Crippen molar-refractivity contribution < 1.29 is 14.5 Å². The average molecular weight is 347 g/mol. The first-order valence-electron chi connectivity index (χ1n) is 8.23. The molecule has 3 rings (SSSR count). The van der Waals surface area contributed by atoms with Gasteiger partial charge in [0.1, 0.15) is 6.04 Å². The van der Waals surface area contributed by atoms with Crippen molar-refractivity contribution in [2.75, 3.05) is 33.7 Å². The van der Waals surface area contributed by atoms with Crippen molar-refractivity contribution in [3.8, 4) is 0 Å². The van der Waals surface area contributed by atoms with Crippen LogP contribution >= 0.6 is 11.3 Å². The van der Waals surface area contributed by atoms with Gasteiger partial charge in [0.2, 0.25) is 5.91 Å². The van der Waals surface area contributed by atoms with E-state index in [0.717, 1.165) is 29.9 Å². The van der Waals surface area contributed by atoms with E-state index in [9.17, 15) is 9.59 Å². The second-order valence-corrected chi connectivity index (χ2v) is 7.28. The highest BCUT2D eigenvalue weighted by atomic mass is 32.1. The Labute approximate surface area is 145 Å². The van der Waals surface area contributed by atoms with Crippen molar-refractivity contribution >= 4 is 33.4 Å². The van der Waals surface area contributed by atoms with Gasteiger partial charge in [0.05, 0.1) is 23.3 Å². The predicted molar refractivity (Wildman–Crippen MR) is 94.0 cm³/mol. The molecule has 128 valence electrons. The number of fused-ring (bicyclic) bond motifs is 1. The van der Waals surface area contributed by atoms with E-state index in [1.54, 1.807) is 25.4 Å². The van der Waals surface area contributed by atoms with Gasteiger partial charge in [-0.3, -0.25) is 9.59 Å². The molecular formula is C17H23N4O2S+. The summed E-state index contributed by atoms with van der Waals surface area (Å²) in [7, 11) is 3.26. The first-order valence-corrected chi connectivity index (χ1v) is 9.04. The van der Waals surface area contributed by atoms with Crippen LogP contribution in [0.4, 0.5) is 0 Å². The highest BCUT2D eigenvalue weighted by molar-refractivity contribution is 7.18. The van der Waals surface area contributed by atoms with Crippen molar-refractivity contribution in [2.24, 2.45) is 0 Å². The molecule has 24 heavy (non-hydrogen) atoms. The maximum Gasteiger partial charge on any atom is 0.277 e. The lowest BCUT2D eigenvalue weighted by Gasteiger charge is -2.22. The van der Waals surface area contributed by atoms with Crippen LogP contribution in [-0.4, -0.2) is 55.4 Å². The Morgan fingerprint density at radius 2 is 2.21 bits per heavy atom. The lowest BCUT2D eigenvalue weighted by molar-refractivity contribution is -0.910. The maximum absolute atomic E-state index is 12.4. The summed E-state index contributed by atoms with van der Waals surface area (Å²) in [4.78, 5) is 31.4. The van der Waals surface area contributed by atoms with Crippen LogP contribution < -0.4 is 10.2 Å². The van der Waals surface area contributed by atoms with E-state index in [1.807, 2.05) is 18.2 Å². The molecule has 2 N–H and O–H groups in total. The van der Waals surface area contributed by atoms with Crippen molar-refractivity contribution in [1.82, 2.24) is 15.2 Å². The van der Waals surface area contributed by atoms with Crippen LogP contribution in [-0.2, 0) is 9.59 Å². The van der Waals surface area contributed by atoms with Crippen LogP contribution in [0.15, 0.2) is 24.3 Å². The van der Waals surface area contributed by atoms with E-state index < -0.39 is 0 Å². The summed E-state index contributed by atoms with van der Waals surface area (Å²) in [6, 6.07) is 8.43. The highest BCUT2D eigenvalue weighted by Crippen LogP contribution is 2.28. The van der Waals surface area contributed by atoms with E-state index in [0.29, 0.717) is 6.54 Å². The molecule has 1 aromatic carbocycles. The van der Waals surface area contributed by atoms with Crippen LogP contribution in [0.3, 0.4) is 0 Å². The van der Waals surface area contributed by atoms with Gasteiger partial charge in [-0.25, -0.2) is 4.98 Å². The second-order valence-electron chi connectivity index (χ2n) is 6.22. The average Bonchev–Trinajstić information content (AvgIpc) is 3.20. The molecule has 1 aromatic heterocycles. The number of carbonyl (C=O) groups is 2. The van der Waals surface area contributed by atoms with Gasteiger partial charge in [-0.1, -0.05) is 12.1 Å². The second kappa shape index (κ2) is 7.27. The molecule has 1 aliphatic heterocycles. The monoisotopic (exact) mass is 347 g/mol. The molecule has 1 aliphatic rings. The molecule has 2 atom stereocenters. The molecule has 1 saturated heterocycles. The summed E-state index contributed by atoms with van der Waals surface area (Å²) < 4.78 is 1.20. The summed E-state index contributed by atoms with van der Waals surface area (Å²) in [5.74, 6) is -0.147. The van der Waals surface area contributed by atoms with Crippen LogP contribution in [0.1, 0.15) is 23.9 Å². The third kappa shape index (κ3) is 3.57. The van der Waals surface area contributed by atoms with Gasteiger partial charge in [0.15, 0.2) is 11.6 Å². The highest BCUT2D eigenvalue weighted by Gasteiger charge is 2.34. The SMILES string of the molecule is CNC(=O)CN(C)C(=O)C[NH+]1CCC[C@@H]1c1nc2ccccc2s1. The molecule has 1 fully saturated rings. The van der Waals surface area contributed by atoms with Gasteiger partial charge in [-0.2, -0.15) is 0 Å². The zero-order valence-electron chi connectivity index (χ0n) is 14.0.